The van der Waals surface area contributed by atoms with Crippen molar-refractivity contribution in [3.8, 4) is 0 Å². The molecule has 0 amide bonds. The van der Waals surface area contributed by atoms with E-state index in [1.54, 1.807) is 0 Å². The molecule has 0 unspecified atom stereocenters. The number of carbonyl (C=O) groups is 3. The first-order valence-electron chi connectivity index (χ1n) is 29.8. The standard InChI is InChI=1S/C63H112O6/c1-4-7-10-13-16-19-22-25-27-29-31-33-35-38-41-44-47-50-53-56-62(65)68-59-60(58-67-61(64)55-52-49-46-43-40-37-24-21-18-15-12-9-6-3)69-63(66)57-54-51-48-45-42-39-36-34-32-30-28-26-23-20-17-14-11-8-5-2/h8,11,17,20,26,28,32,34,39,42,60H,4-7,9-10,12-16,18-19,21-25,27,29-31,33,35-38,40-41,43-59H2,1-3H3/b11-8-,20-17-,28-26-,34-32-,42-39-/t60-/m0/s1. The highest BCUT2D eigenvalue weighted by molar-refractivity contribution is 5.71. The quantitative estimate of drug-likeness (QED) is 0.0262. The molecular formula is C63H112O6. The van der Waals surface area contributed by atoms with Gasteiger partial charge >= 0.3 is 17.9 Å². The minimum atomic E-state index is -0.788. The first-order chi connectivity index (χ1) is 34.0. The van der Waals surface area contributed by atoms with E-state index in [0.29, 0.717) is 19.3 Å². The molecule has 0 saturated heterocycles. The second-order valence-corrected chi connectivity index (χ2v) is 19.9. The summed E-state index contributed by atoms with van der Waals surface area (Å²) in [5.74, 6) is -0.900. The molecule has 0 saturated carbocycles. The fraction of sp³-hybridized carbons (Fsp3) is 0.794. The number of unbranched alkanes of at least 4 members (excludes halogenated alkanes) is 33. The van der Waals surface area contributed by atoms with Gasteiger partial charge in [-0.25, -0.2) is 0 Å². The number of allylic oxidation sites excluding steroid dienone is 10. The lowest BCUT2D eigenvalue weighted by molar-refractivity contribution is -0.167. The second-order valence-electron chi connectivity index (χ2n) is 19.9. The van der Waals surface area contributed by atoms with Gasteiger partial charge in [-0.1, -0.05) is 281 Å². The van der Waals surface area contributed by atoms with Crippen LogP contribution in [0.25, 0.3) is 0 Å². The van der Waals surface area contributed by atoms with Gasteiger partial charge in [-0.15, -0.1) is 0 Å². The normalized spacial score (nSPS) is 12.4. The molecule has 0 aromatic heterocycles. The highest BCUT2D eigenvalue weighted by Gasteiger charge is 2.19. The number of rotatable bonds is 54. The summed E-state index contributed by atoms with van der Waals surface area (Å²) >= 11 is 0. The molecule has 0 bridgehead atoms. The summed E-state index contributed by atoms with van der Waals surface area (Å²) in [6, 6.07) is 0. The lowest BCUT2D eigenvalue weighted by atomic mass is 10.0. The predicted molar refractivity (Wildman–Crippen MR) is 298 cm³/mol. The molecule has 0 heterocycles. The van der Waals surface area contributed by atoms with Crippen LogP contribution in [0.4, 0.5) is 0 Å². The van der Waals surface area contributed by atoms with Crippen molar-refractivity contribution in [3.05, 3.63) is 60.8 Å². The SMILES string of the molecule is CC/C=C\C/C=C\C/C=C\C/C=C\C/C=C\CCCCCC(=O)O[C@@H](COC(=O)CCCCCCCCCCCCCCC)COC(=O)CCCCCCCCCCCCCCCCCCCCC. The summed E-state index contributed by atoms with van der Waals surface area (Å²) in [5.41, 5.74) is 0. The van der Waals surface area contributed by atoms with Crippen LogP contribution in [-0.2, 0) is 28.6 Å². The Labute approximate surface area is 428 Å². The van der Waals surface area contributed by atoms with Crippen LogP contribution in [0.2, 0.25) is 0 Å². The van der Waals surface area contributed by atoms with Crippen LogP contribution in [0.3, 0.4) is 0 Å². The first-order valence-corrected chi connectivity index (χ1v) is 29.8. The van der Waals surface area contributed by atoms with E-state index in [4.69, 9.17) is 14.2 Å². The molecule has 400 valence electrons. The van der Waals surface area contributed by atoms with Crippen LogP contribution in [0, 0.1) is 0 Å². The fourth-order valence-electron chi connectivity index (χ4n) is 8.59. The summed E-state index contributed by atoms with van der Waals surface area (Å²) in [6.07, 6.45) is 72.1. The molecule has 0 aliphatic heterocycles. The Bertz CT molecular complexity index is 1250. The molecule has 0 aliphatic rings. The van der Waals surface area contributed by atoms with Gasteiger partial charge in [0.1, 0.15) is 13.2 Å². The molecule has 0 aromatic carbocycles. The third-order valence-electron chi connectivity index (χ3n) is 13.0. The lowest BCUT2D eigenvalue weighted by Gasteiger charge is -2.18. The first kappa shape index (κ1) is 66.1. The Morgan fingerprint density at radius 3 is 0.884 bits per heavy atom. The largest absolute Gasteiger partial charge is 0.462 e. The van der Waals surface area contributed by atoms with Crippen LogP contribution < -0.4 is 0 Å². The summed E-state index contributed by atoms with van der Waals surface area (Å²) in [6.45, 7) is 6.54. The van der Waals surface area contributed by atoms with Gasteiger partial charge in [0.05, 0.1) is 0 Å². The van der Waals surface area contributed by atoms with Gasteiger partial charge in [0, 0.05) is 19.3 Å². The van der Waals surface area contributed by atoms with Crippen molar-refractivity contribution in [2.24, 2.45) is 0 Å². The summed E-state index contributed by atoms with van der Waals surface area (Å²) in [7, 11) is 0. The molecule has 0 aromatic rings. The van der Waals surface area contributed by atoms with Crippen molar-refractivity contribution in [1.82, 2.24) is 0 Å². The monoisotopic (exact) mass is 965 g/mol. The highest BCUT2D eigenvalue weighted by Crippen LogP contribution is 2.17. The number of hydrogen-bond acceptors (Lipinski definition) is 6. The molecule has 0 spiro atoms. The van der Waals surface area contributed by atoms with E-state index in [1.807, 2.05) is 0 Å². The maximum Gasteiger partial charge on any atom is 0.306 e. The van der Waals surface area contributed by atoms with Crippen LogP contribution in [0.15, 0.2) is 60.8 Å². The second kappa shape index (κ2) is 57.7. The maximum atomic E-state index is 12.9. The van der Waals surface area contributed by atoms with Crippen LogP contribution in [-0.4, -0.2) is 37.2 Å². The highest BCUT2D eigenvalue weighted by atomic mass is 16.6. The topological polar surface area (TPSA) is 78.9 Å². The molecule has 6 heteroatoms. The average molecular weight is 966 g/mol. The Hall–Kier alpha value is -2.89. The van der Waals surface area contributed by atoms with E-state index in [1.165, 1.54) is 167 Å². The molecule has 6 nitrogen and oxygen atoms in total. The zero-order valence-electron chi connectivity index (χ0n) is 45.8. The number of hydrogen-bond donors (Lipinski definition) is 0. The van der Waals surface area contributed by atoms with Crippen molar-refractivity contribution < 1.29 is 28.6 Å². The molecule has 0 radical (unpaired) electrons. The third kappa shape index (κ3) is 55.9. The van der Waals surface area contributed by atoms with Gasteiger partial charge in [-0.2, -0.15) is 0 Å². The van der Waals surface area contributed by atoms with E-state index in [2.05, 4.69) is 81.5 Å². The lowest BCUT2D eigenvalue weighted by Crippen LogP contribution is -2.30. The van der Waals surface area contributed by atoms with Gasteiger partial charge in [0.2, 0.25) is 0 Å². The minimum absolute atomic E-state index is 0.0835. The Balaban J connectivity index is 4.38. The van der Waals surface area contributed by atoms with Gasteiger partial charge in [0.25, 0.3) is 0 Å². The van der Waals surface area contributed by atoms with Crippen LogP contribution in [0.5, 0.6) is 0 Å². The summed E-state index contributed by atoms with van der Waals surface area (Å²) in [4.78, 5) is 38.2. The molecule has 1 atom stereocenters. The van der Waals surface area contributed by atoms with Crippen molar-refractivity contribution in [3.63, 3.8) is 0 Å². The van der Waals surface area contributed by atoms with E-state index in [9.17, 15) is 14.4 Å². The Morgan fingerprint density at radius 1 is 0.304 bits per heavy atom. The van der Waals surface area contributed by atoms with Crippen LogP contribution >= 0.6 is 0 Å². The zero-order valence-corrected chi connectivity index (χ0v) is 45.8. The summed E-state index contributed by atoms with van der Waals surface area (Å²) in [5, 5.41) is 0. The van der Waals surface area contributed by atoms with Gasteiger partial charge in [-0.3, -0.25) is 14.4 Å². The minimum Gasteiger partial charge on any atom is -0.462 e. The summed E-state index contributed by atoms with van der Waals surface area (Å²) < 4.78 is 16.9. The predicted octanol–water partition coefficient (Wildman–Crippen LogP) is 20.0. The average Bonchev–Trinajstić information content (AvgIpc) is 3.35. The maximum absolute atomic E-state index is 12.9. The molecule has 69 heavy (non-hydrogen) atoms. The molecule has 0 rings (SSSR count). The Kier molecular flexibility index (Phi) is 55.3. The zero-order chi connectivity index (χ0) is 50.0. The molecule has 0 aliphatic carbocycles. The van der Waals surface area contributed by atoms with E-state index < -0.39 is 6.10 Å². The van der Waals surface area contributed by atoms with Crippen LogP contribution in [0.1, 0.15) is 303 Å². The smallest absolute Gasteiger partial charge is 0.306 e. The Morgan fingerprint density at radius 2 is 0.565 bits per heavy atom. The van der Waals surface area contributed by atoms with Gasteiger partial charge < -0.3 is 14.2 Å². The van der Waals surface area contributed by atoms with Crippen molar-refractivity contribution in [1.29, 1.82) is 0 Å². The molecule has 0 N–H and O–H groups in total. The van der Waals surface area contributed by atoms with E-state index >= 15 is 0 Å². The van der Waals surface area contributed by atoms with Gasteiger partial charge in [-0.05, 0) is 64.2 Å². The van der Waals surface area contributed by atoms with Crippen molar-refractivity contribution >= 4 is 17.9 Å². The van der Waals surface area contributed by atoms with Gasteiger partial charge in [0.15, 0.2) is 6.10 Å². The fourth-order valence-corrected chi connectivity index (χ4v) is 8.59. The number of carbonyl (C=O) groups excluding carboxylic acids is 3. The van der Waals surface area contributed by atoms with Crippen molar-refractivity contribution in [2.45, 2.75) is 309 Å². The molecular weight excluding hydrogens is 853 g/mol. The van der Waals surface area contributed by atoms with Crippen molar-refractivity contribution in [2.75, 3.05) is 13.2 Å². The van der Waals surface area contributed by atoms with E-state index in [-0.39, 0.29) is 31.1 Å². The molecule has 0 fully saturated rings. The number of ether oxygens (including phenoxy) is 3. The third-order valence-corrected chi connectivity index (χ3v) is 13.0. The van der Waals surface area contributed by atoms with E-state index in [0.717, 1.165) is 96.3 Å². The number of esters is 3.